The number of aliphatic hydroxyl groups excluding tert-OH is 1. The number of imidazole rings is 1. The maximum absolute atomic E-state index is 10.5. The van der Waals surface area contributed by atoms with Gasteiger partial charge in [-0.3, -0.25) is 0 Å². The Morgan fingerprint density at radius 1 is 1.15 bits per heavy atom. The number of rotatable bonds is 4. The van der Waals surface area contributed by atoms with Gasteiger partial charge < -0.3 is 15.4 Å². The van der Waals surface area contributed by atoms with Gasteiger partial charge in [0.1, 0.15) is 11.6 Å². The van der Waals surface area contributed by atoms with Gasteiger partial charge in [0.25, 0.3) is 0 Å². The number of H-pyrrole nitrogens is 1. The van der Waals surface area contributed by atoms with E-state index in [0.29, 0.717) is 12.0 Å². The van der Waals surface area contributed by atoms with Crippen LogP contribution in [-0.2, 0) is 0 Å². The molecule has 0 aliphatic heterocycles. The second-order valence-corrected chi connectivity index (χ2v) is 7.98. The van der Waals surface area contributed by atoms with E-state index in [-0.39, 0.29) is 18.1 Å². The van der Waals surface area contributed by atoms with Crippen LogP contribution in [0.4, 0.5) is 0 Å². The van der Waals surface area contributed by atoms with Gasteiger partial charge >= 0.3 is 0 Å². The van der Waals surface area contributed by atoms with Crippen molar-refractivity contribution in [1.82, 2.24) is 30.0 Å². The molecule has 2 aliphatic carbocycles. The van der Waals surface area contributed by atoms with E-state index in [4.69, 9.17) is 9.97 Å². The number of nitrogens with one attached hydrogen (secondary N) is 2. The van der Waals surface area contributed by atoms with E-state index >= 15 is 0 Å². The lowest BCUT2D eigenvalue weighted by Crippen LogP contribution is -2.50. The zero-order chi connectivity index (χ0) is 18.4. The normalized spacial score (nSPS) is 26.4. The highest BCUT2D eigenvalue weighted by atomic mass is 16.3. The van der Waals surface area contributed by atoms with E-state index < -0.39 is 0 Å². The molecule has 0 saturated heterocycles. The Balaban J connectivity index is 1.44. The van der Waals surface area contributed by atoms with E-state index in [2.05, 4.69) is 15.4 Å². The summed E-state index contributed by atoms with van der Waals surface area (Å²) in [6.07, 6.45) is 6.07. The van der Waals surface area contributed by atoms with Crippen LogP contribution < -0.4 is 5.32 Å². The van der Waals surface area contributed by atoms with Gasteiger partial charge in [-0.25, -0.2) is 9.97 Å². The van der Waals surface area contributed by atoms with Crippen LogP contribution in [0.25, 0.3) is 17.0 Å². The molecule has 3 aromatic rings. The highest BCUT2D eigenvalue weighted by molar-refractivity contribution is 5.75. The average Bonchev–Trinajstić information content (AvgIpc) is 3.22. The molecule has 1 aromatic carbocycles. The van der Waals surface area contributed by atoms with E-state index in [0.717, 1.165) is 41.9 Å². The summed E-state index contributed by atoms with van der Waals surface area (Å²) >= 11 is 0. The first kappa shape index (κ1) is 16.9. The van der Waals surface area contributed by atoms with Crippen LogP contribution in [0.2, 0.25) is 0 Å². The van der Waals surface area contributed by atoms with Crippen molar-refractivity contribution >= 4 is 11.0 Å². The third kappa shape index (κ3) is 3.15. The summed E-state index contributed by atoms with van der Waals surface area (Å²) in [5.74, 6) is 2.67. The molecule has 0 spiro atoms. The lowest BCUT2D eigenvalue weighted by atomic mass is 9.81. The number of para-hydroxylation sites is 2. The number of aliphatic hydroxyl groups is 1. The van der Waals surface area contributed by atoms with Crippen molar-refractivity contribution in [3.05, 3.63) is 35.9 Å². The second kappa shape index (κ2) is 6.73. The Morgan fingerprint density at radius 3 is 2.78 bits per heavy atom. The number of fused-ring (bicyclic) bond motifs is 1. The summed E-state index contributed by atoms with van der Waals surface area (Å²) in [4.78, 5) is 12.8. The van der Waals surface area contributed by atoms with Crippen LogP contribution >= 0.6 is 0 Å². The topological polar surface area (TPSA) is 91.7 Å². The minimum absolute atomic E-state index is 0.134. The molecule has 7 heteroatoms. The van der Waals surface area contributed by atoms with Crippen LogP contribution in [0.3, 0.4) is 0 Å². The summed E-state index contributed by atoms with van der Waals surface area (Å²) < 4.78 is 1.86. The molecule has 7 nitrogen and oxygen atoms in total. The first-order chi connectivity index (χ1) is 13.2. The number of aromatic nitrogens is 5. The summed E-state index contributed by atoms with van der Waals surface area (Å²) in [5.41, 5.74) is 1.92. The fraction of sp³-hybridized carbons (Fsp3) is 0.550. The molecule has 5 rings (SSSR count). The molecule has 2 saturated carbocycles. The van der Waals surface area contributed by atoms with Crippen molar-refractivity contribution in [2.24, 2.45) is 0 Å². The van der Waals surface area contributed by atoms with Gasteiger partial charge in [-0.1, -0.05) is 18.6 Å². The number of aryl methyl sites for hydroxylation is 1. The number of aromatic amines is 1. The summed E-state index contributed by atoms with van der Waals surface area (Å²) in [7, 11) is 0. The van der Waals surface area contributed by atoms with E-state index in [1.165, 1.54) is 19.3 Å². The van der Waals surface area contributed by atoms with Gasteiger partial charge in [0, 0.05) is 18.0 Å². The molecule has 0 radical (unpaired) electrons. The highest BCUT2D eigenvalue weighted by Gasteiger charge is 2.35. The lowest BCUT2D eigenvalue weighted by Gasteiger charge is -2.38. The molecular weight excluding hydrogens is 340 g/mol. The first-order valence-corrected chi connectivity index (χ1v) is 10.00. The van der Waals surface area contributed by atoms with Crippen LogP contribution in [0.5, 0.6) is 0 Å². The van der Waals surface area contributed by atoms with Crippen LogP contribution in [0.15, 0.2) is 24.3 Å². The molecule has 3 N–H and O–H groups in total. The predicted octanol–water partition coefficient (Wildman–Crippen LogP) is 2.59. The molecular formula is C20H26N6O. The Hall–Kier alpha value is -2.25. The van der Waals surface area contributed by atoms with Gasteiger partial charge in [-0.2, -0.15) is 4.68 Å². The number of hydrogen-bond acceptors (Lipinski definition) is 5. The van der Waals surface area contributed by atoms with Crippen LogP contribution in [0.1, 0.15) is 56.1 Å². The zero-order valence-corrected chi connectivity index (χ0v) is 15.6. The Morgan fingerprint density at radius 2 is 2.00 bits per heavy atom. The minimum atomic E-state index is -0.273. The van der Waals surface area contributed by atoms with Crippen molar-refractivity contribution in [3.8, 4) is 5.95 Å². The van der Waals surface area contributed by atoms with Crippen LogP contribution in [-0.4, -0.2) is 48.0 Å². The number of hydrogen-bond donors (Lipinski definition) is 3. The van der Waals surface area contributed by atoms with Gasteiger partial charge in [0.2, 0.25) is 5.95 Å². The fourth-order valence-electron chi connectivity index (χ4n) is 4.34. The summed E-state index contributed by atoms with van der Waals surface area (Å²) in [6, 6.07) is 8.70. The number of benzene rings is 1. The first-order valence-electron chi connectivity index (χ1n) is 10.00. The molecule has 2 fully saturated rings. The highest BCUT2D eigenvalue weighted by Crippen LogP contribution is 2.34. The van der Waals surface area contributed by atoms with E-state index in [1.807, 2.05) is 35.9 Å². The van der Waals surface area contributed by atoms with E-state index in [1.54, 1.807) is 0 Å². The quantitative estimate of drug-likeness (QED) is 0.660. The van der Waals surface area contributed by atoms with Gasteiger partial charge in [0.05, 0.1) is 17.1 Å². The molecule has 2 heterocycles. The van der Waals surface area contributed by atoms with Crippen molar-refractivity contribution in [3.63, 3.8) is 0 Å². The largest absolute Gasteiger partial charge is 0.392 e. The van der Waals surface area contributed by atoms with Gasteiger partial charge in [-0.05, 0) is 51.2 Å². The van der Waals surface area contributed by atoms with Crippen molar-refractivity contribution in [1.29, 1.82) is 0 Å². The van der Waals surface area contributed by atoms with E-state index in [9.17, 15) is 5.11 Å². The molecule has 3 atom stereocenters. The molecule has 0 bridgehead atoms. The van der Waals surface area contributed by atoms with Crippen molar-refractivity contribution < 1.29 is 5.11 Å². The monoisotopic (exact) mass is 366 g/mol. The van der Waals surface area contributed by atoms with Crippen LogP contribution in [0, 0.1) is 6.92 Å². The van der Waals surface area contributed by atoms with Crippen molar-refractivity contribution in [2.75, 3.05) is 0 Å². The predicted molar refractivity (Wildman–Crippen MR) is 103 cm³/mol. The van der Waals surface area contributed by atoms with Gasteiger partial charge in [0.15, 0.2) is 0 Å². The zero-order valence-electron chi connectivity index (χ0n) is 15.6. The average molecular weight is 366 g/mol. The third-order valence-corrected chi connectivity index (χ3v) is 6.05. The third-order valence-electron chi connectivity index (χ3n) is 6.05. The Labute approximate surface area is 158 Å². The maximum atomic E-state index is 10.5. The Kier molecular flexibility index (Phi) is 4.21. The standard InChI is InChI=1S/C20H26N6O/c1-12-21-19(13-9-10-18(27)17(11-13)22-14-5-4-6-14)26(25-12)20-23-15-7-2-3-8-16(15)24-20/h2-3,7-8,13-14,17-18,22,27H,4-6,9-11H2,1H3,(H,23,24)/t13-,17+,18+/m0/s1. The molecule has 27 heavy (non-hydrogen) atoms. The second-order valence-electron chi connectivity index (χ2n) is 7.98. The number of nitrogens with zero attached hydrogens (tertiary/aromatic N) is 4. The summed E-state index contributed by atoms with van der Waals surface area (Å²) in [5, 5.41) is 18.7. The van der Waals surface area contributed by atoms with Gasteiger partial charge in [-0.15, -0.1) is 5.10 Å². The molecule has 0 amide bonds. The molecule has 0 unspecified atom stereocenters. The molecule has 142 valence electrons. The SMILES string of the molecule is Cc1nc([C@H]2CC[C@@H](O)[C@H](NC3CCC3)C2)n(-c2nc3ccccc3[nH]2)n1. The van der Waals surface area contributed by atoms with Crippen molar-refractivity contribution in [2.45, 2.75) is 69.6 Å². The Bertz CT molecular complexity index is 910. The summed E-state index contributed by atoms with van der Waals surface area (Å²) in [6.45, 7) is 1.92. The fourth-order valence-corrected chi connectivity index (χ4v) is 4.34. The smallest absolute Gasteiger partial charge is 0.230 e. The minimum Gasteiger partial charge on any atom is -0.392 e. The molecule has 2 aliphatic rings. The lowest BCUT2D eigenvalue weighted by molar-refractivity contribution is 0.0691. The molecule has 2 aromatic heterocycles. The maximum Gasteiger partial charge on any atom is 0.230 e.